The van der Waals surface area contributed by atoms with Crippen LogP contribution in [0, 0.1) is 11.3 Å². The third kappa shape index (κ3) is 3.95. The van der Waals surface area contributed by atoms with Crippen molar-refractivity contribution in [1.82, 2.24) is 0 Å². The molecule has 1 atom stereocenters. The minimum Gasteiger partial charge on any atom is -0.481 e. The molecule has 4 N–H and O–H groups in total. The average molecular weight is 394 g/mol. The molecule has 0 aromatic carbocycles. The third-order valence-electron chi connectivity index (χ3n) is 5.75. The number of allylic oxidation sites excluding steroid dienone is 3. The Hall–Kier alpha value is -2.64. The van der Waals surface area contributed by atoms with Crippen molar-refractivity contribution in [2.45, 2.75) is 64.2 Å². The summed E-state index contributed by atoms with van der Waals surface area (Å²) in [5.41, 5.74) is -3.00. The van der Waals surface area contributed by atoms with Crippen molar-refractivity contribution in [3.63, 3.8) is 0 Å². The van der Waals surface area contributed by atoms with Crippen LogP contribution in [0.1, 0.15) is 64.2 Å². The van der Waals surface area contributed by atoms with Crippen LogP contribution in [0.25, 0.3) is 0 Å². The minimum atomic E-state index is -3.03. The maximum Gasteiger partial charge on any atom is 0.333 e. The van der Waals surface area contributed by atoms with E-state index in [4.69, 9.17) is 0 Å². The highest BCUT2D eigenvalue weighted by molar-refractivity contribution is 6.13. The Kier molecular flexibility index (Phi) is 6.99. The summed E-state index contributed by atoms with van der Waals surface area (Å²) in [7, 11) is 0. The van der Waals surface area contributed by atoms with E-state index in [0.29, 0.717) is 31.3 Å². The Morgan fingerprint density at radius 1 is 0.821 bits per heavy atom. The van der Waals surface area contributed by atoms with Crippen molar-refractivity contribution in [3.8, 4) is 0 Å². The fourth-order valence-electron chi connectivity index (χ4n) is 4.40. The number of carboxylic acid groups (broad SMARTS) is 4. The molecule has 2 rings (SSSR count). The van der Waals surface area contributed by atoms with Gasteiger partial charge in [0.25, 0.3) is 0 Å². The van der Waals surface area contributed by atoms with Crippen LogP contribution in [-0.2, 0) is 19.2 Å². The highest BCUT2D eigenvalue weighted by atomic mass is 16.4. The molecule has 0 aliphatic heterocycles. The summed E-state index contributed by atoms with van der Waals surface area (Å²) >= 11 is 0. The zero-order chi connectivity index (χ0) is 20.9. The van der Waals surface area contributed by atoms with Gasteiger partial charge in [-0.25, -0.2) is 4.79 Å². The zero-order valence-electron chi connectivity index (χ0n) is 15.6. The van der Waals surface area contributed by atoms with E-state index in [1.54, 1.807) is 0 Å². The topological polar surface area (TPSA) is 149 Å². The standard InChI is InChI=1S/C20H26O8/c21-16(22)14-11-7-6-10-13(12-8-4-2-1-3-5-9-12)15(17(23)24)20(14,18(25)26)19(27)28/h8,14H,1-7,9-11H2,(H,21,22)(H,23,24)(H,25,26)(H,27,28)/b12-8?,15-13+. The number of rotatable bonds is 5. The summed E-state index contributed by atoms with van der Waals surface area (Å²) in [5, 5.41) is 39.3. The van der Waals surface area contributed by atoms with E-state index < -0.39 is 40.8 Å². The zero-order valence-corrected chi connectivity index (χ0v) is 15.6. The fourth-order valence-corrected chi connectivity index (χ4v) is 4.40. The predicted molar refractivity (Wildman–Crippen MR) is 97.7 cm³/mol. The van der Waals surface area contributed by atoms with Gasteiger partial charge in [0.05, 0.1) is 11.5 Å². The molecule has 0 aromatic heterocycles. The van der Waals surface area contributed by atoms with E-state index in [-0.39, 0.29) is 18.4 Å². The molecule has 0 spiro atoms. The first-order valence-corrected chi connectivity index (χ1v) is 9.60. The van der Waals surface area contributed by atoms with Gasteiger partial charge in [-0.1, -0.05) is 25.3 Å². The smallest absolute Gasteiger partial charge is 0.333 e. The maximum atomic E-state index is 12.2. The molecule has 2 aliphatic carbocycles. The van der Waals surface area contributed by atoms with Crippen LogP contribution >= 0.6 is 0 Å². The second-order valence-electron chi connectivity index (χ2n) is 7.40. The fraction of sp³-hybridized carbons (Fsp3) is 0.600. The second-order valence-corrected chi connectivity index (χ2v) is 7.40. The van der Waals surface area contributed by atoms with Gasteiger partial charge in [-0.15, -0.1) is 0 Å². The summed E-state index contributed by atoms with van der Waals surface area (Å²) in [6, 6.07) is 0. The molecule has 8 heteroatoms. The number of carboxylic acids is 4. The highest BCUT2D eigenvalue weighted by Gasteiger charge is 2.62. The molecule has 0 saturated heterocycles. The SMILES string of the molecule is O=C(O)/C1=C(\C2=CCCCCCC2)CCCCC(C(=O)O)C1(C(=O)O)C(=O)O. The molecule has 0 bridgehead atoms. The van der Waals surface area contributed by atoms with Gasteiger partial charge in [0.1, 0.15) is 0 Å². The number of hydrogen-bond donors (Lipinski definition) is 4. The Morgan fingerprint density at radius 3 is 2.00 bits per heavy atom. The molecule has 0 aromatic rings. The quantitative estimate of drug-likeness (QED) is 0.520. The van der Waals surface area contributed by atoms with Gasteiger partial charge >= 0.3 is 23.9 Å². The van der Waals surface area contributed by atoms with Gasteiger partial charge in [-0.05, 0) is 56.1 Å². The number of carbonyl (C=O) groups is 4. The number of hydrogen-bond acceptors (Lipinski definition) is 4. The summed E-state index contributed by atoms with van der Waals surface area (Å²) in [6.45, 7) is 0. The van der Waals surface area contributed by atoms with E-state index in [9.17, 15) is 39.6 Å². The Morgan fingerprint density at radius 2 is 1.43 bits per heavy atom. The van der Waals surface area contributed by atoms with Crippen molar-refractivity contribution < 1.29 is 39.6 Å². The molecule has 0 radical (unpaired) electrons. The summed E-state index contributed by atoms with van der Waals surface area (Å²) < 4.78 is 0. The summed E-state index contributed by atoms with van der Waals surface area (Å²) in [6.07, 6.45) is 7.59. The average Bonchev–Trinajstić information content (AvgIpc) is 2.54. The van der Waals surface area contributed by atoms with Crippen LogP contribution in [0.3, 0.4) is 0 Å². The third-order valence-corrected chi connectivity index (χ3v) is 5.75. The molecule has 154 valence electrons. The van der Waals surface area contributed by atoms with E-state index in [2.05, 4.69) is 0 Å². The highest BCUT2D eigenvalue weighted by Crippen LogP contribution is 2.46. The van der Waals surface area contributed by atoms with Crippen LogP contribution in [0.5, 0.6) is 0 Å². The van der Waals surface area contributed by atoms with Gasteiger partial charge in [0.2, 0.25) is 5.41 Å². The van der Waals surface area contributed by atoms with E-state index in [1.807, 2.05) is 6.08 Å². The van der Waals surface area contributed by atoms with Crippen LogP contribution < -0.4 is 0 Å². The van der Waals surface area contributed by atoms with Gasteiger partial charge in [0.15, 0.2) is 0 Å². The van der Waals surface area contributed by atoms with E-state index in [0.717, 1.165) is 25.7 Å². The molecular weight excluding hydrogens is 368 g/mol. The Balaban J connectivity index is 2.86. The lowest BCUT2D eigenvalue weighted by Gasteiger charge is -2.35. The Bertz CT molecular complexity index is 716. The molecule has 8 nitrogen and oxygen atoms in total. The molecule has 0 amide bonds. The van der Waals surface area contributed by atoms with Gasteiger partial charge < -0.3 is 20.4 Å². The lowest BCUT2D eigenvalue weighted by atomic mass is 9.64. The van der Waals surface area contributed by atoms with Crippen LogP contribution in [0.15, 0.2) is 22.8 Å². The first kappa shape index (κ1) is 21.7. The molecular formula is C20H26O8. The lowest BCUT2D eigenvalue weighted by molar-refractivity contribution is -0.174. The first-order valence-electron chi connectivity index (χ1n) is 9.60. The van der Waals surface area contributed by atoms with Crippen molar-refractivity contribution in [1.29, 1.82) is 0 Å². The molecule has 0 heterocycles. The maximum absolute atomic E-state index is 12.2. The monoisotopic (exact) mass is 394 g/mol. The summed E-state index contributed by atoms with van der Waals surface area (Å²) in [4.78, 5) is 48.5. The van der Waals surface area contributed by atoms with E-state index in [1.165, 1.54) is 0 Å². The predicted octanol–water partition coefficient (Wildman–Crippen LogP) is 3.08. The normalized spacial score (nSPS) is 26.0. The van der Waals surface area contributed by atoms with Crippen LogP contribution in [0.2, 0.25) is 0 Å². The molecule has 28 heavy (non-hydrogen) atoms. The second kappa shape index (κ2) is 9.03. The van der Waals surface area contributed by atoms with Gasteiger partial charge in [-0.2, -0.15) is 0 Å². The van der Waals surface area contributed by atoms with Gasteiger partial charge in [-0.3, -0.25) is 14.4 Å². The lowest BCUT2D eigenvalue weighted by Crippen LogP contribution is -2.52. The van der Waals surface area contributed by atoms with Crippen molar-refractivity contribution in [2.75, 3.05) is 0 Å². The molecule has 0 fully saturated rings. The molecule has 1 unspecified atom stereocenters. The minimum absolute atomic E-state index is 0.185. The molecule has 2 aliphatic rings. The largest absolute Gasteiger partial charge is 0.481 e. The Labute approximate surface area is 162 Å². The van der Waals surface area contributed by atoms with E-state index >= 15 is 0 Å². The molecule has 0 saturated carbocycles. The van der Waals surface area contributed by atoms with Crippen LogP contribution in [-0.4, -0.2) is 44.3 Å². The first-order chi connectivity index (χ1) is 13.2. The van der Waals surface area contributed by atoms with Crippen LogP contribution in [0.4, 0.5) is 0 Å². The number of aliphatic carboxylic acids is 4. The van der Waals surface area contributed by atoms with Gasteiger partial charge in [0, 0.05) is 0 Å². The van der Waals surface area contributed by atoms with Crippen molar-refractivity contribution in [2.24, 2.45) is 11.3 Å². The summed E-state index contributed by atoms with van der Waals surface area (Å²) in [5.74, 6) is -9.06. The van der Waals surface area contributed by atoms with Crippen molar-refractivity contribution in [3.05, 3.63) is 22.8 Å². The van der Waals surface area contributed by atoms with Crippen molar-refractivity contribution >= 4 is 23.9 Å².